The third kappa shape index (κ3) is 3.01. The molecule has 20 heavy (non-hydrogen) atoms. The first-order chi connectivity index (χ1) is 9.29. The SMILES string of the molecule is CC1CC=C(c2cccc(S(C)(=O)=O)c2)N(C(=O)O)C1. The van der Waals surface area contributed by atoms with E-state index in [0.29, 0.717) is 17.8 Å². The van der Waals surface area contributed by atoms with Gasteiger partial charge in [-0.1, -0.05) is 25.1 Å². The fourth-order valence-corrected chi connectivity index (χ4v) is 2.92. The predicted octanol–water partition coefficient (Wildman–Crippen LogP) is 2.45. The summed E-state index contributed by atoms with van der Waals surface area (Å²) < 4.78 is 23.2. The van der Waals surface area contributed by atoms with Crippen LogP contribution < -0.4 is 0 Å². The molecule has 1 heterocycles. The van der Waals surface area contributed by atoms with E-state index in [0.717, 1.165) is 12.7 Å². The number of sulfone groups is 1. The van der Waals surface area contributed by atoms with Crippen molar-refractivity contribution >= 4 is 21.6 Å². The summed E-state index contributed by atoms with van der Waals surface area (Å²) >= 11 is 0. The Bertz CT molecular complexity index is 664. The number of nitrogens with zero attached hydrogens (tertiary/aromatic N) is 1. The van der Waals surface area contributed by atoms with Crippen LogP contribution in [0, 0.1) is 5.92 Å². The smallest absolute Gasteiger partial charge is 0.411 e. The van der Waals surface area contributed by atoms with E-state index in [1.54, 1.807) is 12.1 Å². The van der Waals surface area contributed by atoms with Crippen molar-refractivity contribution < 1.29 is 18.3 Å². The van der Waals surface area contributed by atoms with Gasteiger partial charge in [0, 0.05) is 12.8 Å². The van der Waals surface area contributed by atoms with Crippen molar-refractivity contribution in [3.63, 3.8) is 0 Å². The minimum absolute atomic E-state index is 0.194. The molecule has 0 radical (unpaired) electrons. The summed E-state index contributed by atoms with van der Waals surface area (Å²) in [6.45, 7) is 2.40. The molecule has 1 aromatic carbocycles. The summed E-state index contributed by atoms with van der Waals surface area (Å²) in [6, 6.07) is 6.39. The predicted molar refractivity (Wildman–Crippen MR) is 76.0 cm³/mol. The lowest BCUT2D eigenvalue weighted by molar-refractivity contribution is 0.159. The van der Waals surface area contributed by atoms with E-state index in [-0.39, 0.29) is 10.8 Å². The molecule has 0 bridgehead atoms. The van der Waals surface area contributed by atoms with Crippen LogP contribution >= 0.6 is 0 Å². The molecule has 0 spiro atoms. The number of carbonyl (C=O) groups is 1. The van der Waals surface area contributed by atoms with Crippen LogP contribution in [0.4, 0.5) is 4.79 Å². The van der Waals surface area contributed by atoms with Gasteiger partial charge in [-0.2, -0.15) is 0 Å². The fourth-order valence-electron chi connectivity index (χ4n) is 2.25. The van der Waals surface area contributed by atoms with Crippen LogP contribution in [-0.2, 0) is 9.84 Å². The first-order valence-electron chi connectivity index (χ1n) is 6.30. The van der Waals surface area contributed by atoms with Gasteiger partial charge in [-0.3, -0.25) is 4.90 Å². The van der Waals surface area contributed by atoms with Gasteiger partial charge in [0.05, 0.1) is 10.6 Å². The van der Waals surface area contributed by atoms with Crippen molar-refractivity contribution in [1.29, 1.82) is 0 Å². The number of benzene rings is 1. The molecule has 1 unspecified atom stereocenters. The molecule has 108 valence electrons. The number of carboxylic acid groups (broad SMARTS) is 1. The quantitative estimate of drug-likeness (QED) is 0.909. The van der Waals surface area contributed by atoms with Gasteiger partial charge in [0.1, 0.15) is 0 Å². The van der Waals surface area contributed by atoms with Crippen molar-refractivity contribution in [2.24, 2.45) is 5.92 Å². The Labute approximate surface area is 118 Å². The highest BCUT2D eigenvalue weighted by Gasteiger charge is 2.25. The van der Waals surface area contributed by atoms with Crippen molar-refractivity contribution in [1.82, 2.24) is 4.90 Å². The summed E-state index contributed by atoms with van der Waals surface area (Å²) in [4.78, 5) is 12.8. The molecule has 1 atom stereocenters. The Morgan fingerprint density at radius 3 is 2.70 bits per heavy atom. The molecule has 0 saturated heterocycles. The molecular weight excluding hydrogens is 278 g/mol. The van der Waals surface area contributed by atoms with Gasteiger partial charge in [0.25, 0.3) is 0 Å². The lowest BCUT2D eigenvalue weighted by Gasteiger charge is -2.30. The zero-order valence-corrected chi connectivity index (χ0v) is 12.2. The van der Waals surface area contributed by atoms with E-state index in [1.165, 1.54) is 17.0 Å². The van der Waals surface area contributed by atoms with Gasteiger partial charge in [-0.25, -0.2) is 13.2 Å². The van der Waals surface area contributed by atoms with Crippen LogP contribution in [0.5, 0.6) is 0 Å². The average molecular weight is 295 g/mol. The molecule has 1 aliphatic rings. The molecule has 1 amide bonds. The van der Waals surface area contributed by atoms with Crippen LogP contribution in [0.15, 0.2) is 35.2 Å². The summed E-state index contributed by atoms with van der Waals surface area (Å²) in [5.74, 6) is 0.257. The highest BCUT2D eigenvalue weighted by atomic mass is 32.2. The van der Waals surface area contributed by atoms with Crippen molar-refractivity contribution in [3.05, 3.63) is 35.9 Å². The molecule has 1 aromatic rings. The molecule has 5 nitrogen and oxygen atoms in total. The zero-order valence-electron chi connectivity index (χ0n) is 11.4. The normalized spacial score (nSPS) is 19.6. The van der Waals surface area contributed by atoms with Crippen molar-refractivity contribution in [2.75, 3.05) is 12.8 Å². The topological polar surface area (TPSA) is 74.7 Å². The van der Waals surface area contributed by atoms with Gasteiger partial charge >= 0.3 is 6.09 Å². The number of allylic oxidation sites excluding steroid dienone is 1. The number of rotatable bonds is 2. The van der Waals surface area contributed by atoms with E-state index in [4.69, 9.17) is 0 Å². The van der Waals surface area contributed by atoms with E-state index >= 15 is 0 Å². The third-order valence-corrected chi connectivity index (χ3v) is 4.40. The maximum Gasteiger partial charge on any atom is 0.411 e. The number of amides is 1. The van der Waals surface area contributed by atoms with Crippen LogP contribution in [-0.4, -0.2) is 37.3 Å². The van der Waals surface area contributed by atoms with Gasteiger partial charge in [0.15, 0.2) is 9.84 Å². The number of hydrogen-bond donors (Lipinski definition) is 1. The van der Waals surface area contributed by atoms with E-state index in [9.17, 15) is 18.3 Å². The summed E-state index contributed by atoms with van der Waals surface area (Å²) in [5, 5.41) is 9.28. The second kappa shape index (κ2) is 5.28. The van der Waals surface area contributed by atoms with E-state index in [1.807, 2.05) is 13.0 Å². The molecule has 6 heteroatoms. The van der Waals surface area contributed by atoms with Gasteiger partial charge in [-0.15, -0.1) is 0 Å². The molecule has 0 aromatic heterocycles. The summed E-state index contributed by atoms with van der Waals surface area (Å²) in [6.07, 6.45) is 2.75. The fraction of sp³-hybridized carbons (Fsp3) is 0.357. The summed E-state index contributed by atoms with van der Waals surface area (Å²) in [5.41, 5.74) is 1.17. The Morgan fingerprint density at radius 2 is 2.10 bits per heavy atom. The molecule has 2 rings (SSSR count). The number of hydrogen-bond acceptors (Lipinski definition) is 3. The Balaban J connectivity index is 2.47. The maximum absolute atomic E-state index is 11.6. The lowest BCUT2D eigenvalue weighted by Crippen LogP contribution is -2.34. The van der Waals surface area contributed by atoms with Crippen LogP contribution in [0.25, 0.3) is 5.70 Å². The van der Waals surface area contributed by atoms with Crippen molar-refractivity contribution in [2.45, 2.75) is 18.2 Å². The highest BCUT2D eigenvalue weighted by molar-refractivity contribution is 7.90. The highest BCUT2D eigenvalue weighted by Crippen LogP contribution is 2.28. The molecular formula is C14H17NO4S. The zero-order chi connectivity index (χ0) is 14.9. The van der Waals surface area contributed by atoms with Crippen LogP contribution in [0.2, 0.25) is 0 Å². The maximum atomic E-state index is 11.6. The molecule has 1 N–H and O–H groups in total. The van der Waals surface area contributed by atoms with Crippen LogP contribution in [0.3, 0.4) is 0 Å². The second-order valence-electron chi connectivity index (χ2n) is 5.12. The monoisotopic (exact) mass is 295 g/mol. The third-order valence-electron chi connectivity index (χ3n) is 3.29. The Hall–Kier alpha value is -1.82. The van der Waals surface area contributed by atoms with Crippen LogP contribution in [0.1, 0.15) is 18.9 Å². The minimum Gasteiger partial charge on any atom is -0.465 e. The van der Waals surface area contributed by atoms with Gasteiger partial charge in [-0.05, 0) is 30.0 Å². The van der Waals surface area contributed by atoms with Gasteiger partial charge < -0.3 is 5.11 Å². The molecule has 1 aliphatic heterocycles. The molecule has 0 aliphatic carbocycles. The second-order valence-corrected chi connectivity index (χ2v) is 7.14. The average Bonchev–Trinajstić information content (AvgIpc) is 2.37. The first-order valence-corrected chi connectivity index (χ1v) is 8.19. The first kappa shape index (κ1) is 14.6. The largest absolute Gasteiger partial charge is 0.465 e. The molecule has 0 saturated carbocycles. The standard InChI is InChI=1S/C14H17NO4S/c1-10-6-7-13(15(9-10)14(16)17)11-4-3-5-12(8-11)20(2,18)19/h3-5,7-8,10H,6,9H2,1-2H3,(H,16,17). The minimum atomic E-state index is -3.31. The lowest BCUT2D eigenvalue weighted by atomic mass is 9.98. The van der Waals surface area contributed by atoms with Crippen molar-refractivity contribution in [3.8, 4) is 0 Å². The molecule has 0 fully saturated rings. The Kier molecular flexibility index (Phi) is 3.85. The van der Waals surface area contributed by atoms with Gasteiger partial charge in [0.2, 0.25) is 0 Å². The summed E-state index contributed by atoms with van der Waals surface area (Å²) in [7, 11) is -3.31. The Morgan fingerprint density at radius 1 is 1.40 bits per heavy atom. The van der Waals surface area contributed by atoms with E-state index < -0.39 is 15.9 Å². The van der Waals surface area contributed by atoms with E-state index in [2.05, 4.69) is 0 Å².